The van der Waals surface area contributed by atoms with Crippen LogP contribution in [0.1, 0.15) is 29.6 Å². The number of hydrogen-bond donors (Lipinski definition) is 2. The zero-order valence-corrected chi connectivity index (χ0v) is 10.7. The Hall–Kier alpha value is -1.55. The van der Waals surface area contributed by atoms with Gasteiger partial charge in [-0.15, -0.1) is 0 Å². The van der Waals surface area contributed by atoms with Crippen molar-refractivity contribution in [2.45, 2.75) is 19.3 Å². The second-order valence-electron chi connectivity index (χ2n) is 4.77. The largest absolute Gasteiger partial charge is 0.497 e. The number of rotatable bonds is 4. The van der Waals surface area contributed by atoms with Gasteiger partial charge in [0.2, 0.25) is 0 Å². The Kier molecular flexibility index (Phi) is 4.20. The Morgan fingerprint density at radius 2 is 2.17 bits per heavy atom. The SMILES string of the molecule is COc1ccc(N)c(C(=O)CC2CCNCC2)c1. The van der Waals surface area contributed by atoms with E-state index in [0.717, 1.165) is 25.9 Å². The summed E-state index contributed by atoms with van der Waals surface area (Å²) in [4.78, 5) is 12.2. The molecule has 0 amide bonds. The van der Waals surface area contributed by atoms with Gasteiger partial charge in [0.15, 0.2) is 5.78 Å². The number of anilines is 1. The standard InChI is InChI=1S/C14H20N2O2/c1-18-11-2-3-13(15)12(9-11)14(17)8-10-4-6-16-7-5-10/h2-3,9-10,16H,4-8,15H2,1H3. The van der Waals surface area contributed by atoms with Crippen LogP contribution in [0.15, 0.2) is 18.2 Å². The number of nitrogens with two attached hydrogens (primary N) is 1. The highest BCUT2D eigenvalue weighted by atomic mass is 16.5. The third-order valence-corrected chi connectivity index (χ3v) is 3.49. The van der Waals surface area contributed by atoms with Crippen LogP contribution in [-0.2, 0) is 0 Å². The molecule has 4 heteroatoms. The molecule has 0 bridgehead atoms. The van der Waals surface area contributed by atoms with E-state index in [2.05, 4.69) is 5.32 Å². The molecule has 1 aromatic carbocycles. The van der Waals surface area contributed by atoms with Gasteiger partial charge in [-0.05, 0) is 50.0 Å². The zero-order chi connectivity index (χ0) is 13.0. The van der Waals surface area contributed by atoms with E-state index in [4.69, 9.17) is 10.5 Å². The average Bonchev–Trinajstić information content (AvgIpc) is 2.40. The fourth-order valence-electron chi connectivity index (χ4n) is 2.36. The van der Waals surface area contributed by atoms with Gasteiger partial charge in [0.05, 0.1) is 7.11 Å². The molecule has 0 aliphatic carbocycles. The lowest BCUT2D eigenvalue weighted by molar-refractivity contribution is 0.0953. The Balaban J connectivity index is 2.07. The summed E-state index contributed by atoms with van der Waals surface area (Å²) in [5.74, 6) is 1.28. The molecule has 98 valence electrons. The lowest BCUT2D eigenvalue weighted by atomic mass is 9.90. The topological polar surface area (TPSA) is 64.3 Å². The van der Waals surface area contributed by atoms with Gasteiger partial charge in [0.1, 0.15) is 5.75 Å². The monoisotopic (exact) mass is 248 g/mol. The maximum Gasteiger partial charge on any atom is 0.165 e. The summed E-state index contributed by atoms with van der Waals surface area (Å²) in [5, 5.41) is 3.30. The Morgan fingerprint density at radius 1 is 1.44 bits per heavy atom. The number of Topliss-reactive ketones (excluding diaryl/α,β-unsaturated/α-hetero) is 1. The first-order valence-corrected chi connectivity index (χ1v) is 6.38. The van der Waals surface area contributed by atoms with E-state index in [1.807, 2.05) is 0 Å². The third kappa shape index (κ3) is 3.01. The summed E-state index contributed by atoms with van der Waals surface area (Å²) in [5.41, 5.74) is 6.99. The molecule has 18 heavy (non-hydrogen) atoms. The van der Waals surface area contributed by atoms with E-state index in [1.54, 1.807) is 25.3 Å². The second-order valence-corrected chi connectivity index (χ2v) is 4.77. The van der Waals surface area contributed by atoms with Gasteiger partial charge in [0.25, 0.3) is 0 Å². The number of ketones is 1. The number of nitrogen functional groups attached to an aromatic ring is 1. The van der Waals surface area contributed by atoms with E-state index in [0.29, 0.717) is 29.3 Å². The van der Waals surface area contributed by atoms with Gasteiger partial charge in [-0.2, -0.15) is 0 Å². The van der Waals surface area contributed by atoms with Crippen LogP contribution in [-0.4, -0.2) is 26.0 Å². The van der Waals surface area contributed by atoms with E-state index in [1.165, 1.54) is 0 Å². The Bertz CT molecular complexity index is 426. The molecule has 1 aliphatic rings. The summed E-state index contributed by atoms with van der Waals surface area (Å²) in [7, 11) is 1.59. The first kappa shape index (κ1) is 12.9. The summed E-state index contributed by atoms with van der Waals surface area (Å²) < 4.78 is 5.13. The predicted molar refractivity (Wildman–Crippen MR) is 71.9 cm³/mol. The van der Waals surface area contributed by atoms with Crippen molar-refractivity contribution in [3.05, 3.63) is 23.8 Å². The highest BCUT2D eigenvalue weighted by molar-refractivity contribution is 6.01. The van der Waals surface area contributed by atoms with Crippen LogP contribution >= 0.6 is 0 Å². The maximum atomic E-state index is 12.2. The highest BCUT2D eigenvalue weighted by Crippen LogP contribution is 2.24. The van der Waals surface area contributed by atoms with Gasteiger partial charge in [-0.25, -0.2) is 0 Å². The molecule has 1 aromatic rings. The molecular weight excluding hydrogens is 228 g/mol. The first-order chi connectivity index (χ1) is 8.70. The van der Waals surface area contributed by atoms with Gasteiger partial charge in [-0.3, -0.25) is 4.79 Å². The molecule has 0 unspecified atom stereocenters. The number of methoxy groups -OCH3 is 1. The van der Waals surface area contributed by atoms with Crippen LogP contribution in [0, 0.1) is 5.92 Å². The van der Waals surface area contributed by atoms with Crippen LogP contribution in [0.2, 0.25) is 0 Å². The van der Waals surface area contributed by atoms with E-state index < -0.39 is 0 Å². The lowest BCUT2D eigenvalue weighted by Crippen LogP contribution is -2.29. The average molecular weight is 248 g/mol. The summed E-state index contributed by atoms with van der Waals surface area (Å²) in [6.07, 6.45) is 2.71. The van der Waals surface area contributed by atoms with Crippen LogP contribution in [0.25, 0.3) is 0 Å². The molecule has 1 saturated heterocycles. The quantitative estimate of drug-likeness (QED) is 0.630. The van der Waals surface area contributed by atoms with Crippen molar-refractivity contribution >= 4 is 11.5 Å². The smallest absolute Gasteiger partial charge is 0.165 e. The van der Waals surface area contributed by atoms with E-state index in [-0.39, 0.29) is 5.78 Å². The van der Waals surface area contributed by atoms with Crippen LogP contribution in [0.5, 0.6) is 5.75 Å². The third-order valence-electron chi connectivity index (χ3n) is 3.49. The summed E-state index contributed by atoms with van der Waals surface area (Å²) in [6, 6.07) is 5.24. The number of benzene rings is 1. The molecule has 1 aliphatic heterocycles. The zero-order valence-electron chi connectivity index (χ0n) is 10.7. The maximum absolute atomic E-state index is 12.2. The molecule has 1 fully saturated rings. The lowest BCUT2D eigenvalue weighted by Gasteiger charge is -2.22. The number of ether oxygens (including phenoxy) is 1. The molecule has 0 saturated carbocycles. The first-order valence-electron chi connectivity index (χ1n) is 6.38. The van der Waals surface area contributed by atoms with Crippen molar-refractivity contribution < 1.29 is 9.53 Å². The minimum Gasteiger partial charge on any atom is -0.497 e. The van der Waals surface area contributed by atoms with Crippen molar-refractivity contribution in [3.8, 4) is 5.75 Å². The Morgan fingerprint density at radius 3 is 2.83 bits per heavy atom. The van der Waals surface area contributed by atoms with Crippen molar-refractivity contribution in [1.29, 1.82) is 0 Å². The normalized spacial score (nSPS) is 16.5. The van der Waals surface area contributed by atoms with Crippen molar-refractivity contribution in [3.63, 3.8) is 0 Å². The predicted octanol–water partition coefficient (Wildman–Crippen LogP) is 1.85. The van der Waals surface area contributed by atoms with Crippen molar-refractivity contribution in [2.24, 2.45) is 5.92 Å². The number of nitrogens with one attached hydrogen (secondary N) is 1. The molecule has 0 atom stereocenters. The molecular formula is C14H20N2O2. The Labute approximate surface area is 108 Å². The van der Waals surface area contributed by atoms with Crippen LogP contribution < -0.4 is 15.8 Å². The van der Waals surface area contributed by atoms with Gasteiger partial charge in [-0.1, -0.05) is 0 Å². The number of piperidine rings is 1. The fraction of sp³-hybridized carbons (Fsp3) is 0.500. The molecule has 0 spiro atoms. The number of carbonyl (C=O) groups is 1. The fourth-order valence-corrected chi connectivity index (χ4v) is 2.36. The molecule has 1 heterocycles. The van der Waals surface area contributed by atoms with Crippen LogP contribution in [0.4, 0.5) is 5.69 Å². The van der Waals surface area contributed by atoms with Gasteiger partial charge >= 0.3 is 0 Å². The molecule has 3 N–H and O–H groups in total. The summed E-state index contributed by atoms with van der Waals surface area (Å²) in [6.45, 7) is 2.01. The number of carbonyl (C=O) groups excluding carboxylic acids is 1. The molecule has 4 nitrogen and oxygen atoms in total. The molecule has 2 rings (SSSR count). The van der Waals surface area contributed by atoms with Gasteiger partial charge < -0.3 is 15.8 Å². The molecule has 0 aromatic heterocycles. The number of hydrogen-bond acceptors (Lipinski definition) is 4. The van der Waals surface area contributed by atoms with Gasteiger partial charge in [0, 0.05) is 17.7 Å². The van der Waals surface area contributed by atoms with E-state index >= 15 is 0 Å². The minimum absolute atomic E-state index is 0.123. The van der Waals surface area contributed by atoms with Crippen molar-refractivity contribution in [1.82, 2.24) is 5.32 Å². The minimum atomic E-state index is 0.123. The van der Waals surface area contributed by atoms with E-state index in [9.17, 15) is 4.79 Å². The summed E-state index contributed by atoms with van der Waals surface area (Å²) >= 11 is 0. The second kappa shape index (κ2) is 5.87. The van der Waals surface area contributed by atoms with Crippen molar-refractivity contribution in [2.75, 3.05) is 25.9 Å². The van der Waals surface area contributed by atoms with Crippen LogP contribution in [0.3, 0.4) is 0 Å². The molecule has 0 radical (unpaired) electrons. The highest BCUT2D eigenvalue weighted by Gasteiger charge is 2.19.